The fraction of sp³-hybridized carbons (Fsp3) is 0.647. The van der Waals surface area contributed by atoms with Gasteiger partial charge in [-0.2, -0.15) is 0 Å². The Morgan fingerprint density at radius 1 is 0.714 bits per heavy atom. The van der Waals surface area contributed by atoms with E-state index in [1.54, 1.807) is 27.6 Å². The van der Waals surface area contributed by atoms with Gasteiger partial charge >= 0.3 is 0 Å². The van der Waals surface area contributed by atoms with Crippen LogP contribution in [0.3, 0.4) is 0 Å². The quantitative estimate of drug-likeness (QED) is 0.353. The first-order valence-electron chi connectivity index (χ1n) is 14.7. The molecule has 2 aliphatic carbocycles. The molecule has 4 rings (SSSR count). The molecular weight excluding hydrogens is 439 g/mol. The van der Waals surface area contributed by atoms with Crippen molar-refractivity contribution in [3.63, 3.8) is 0 Å². The molecule has 0 unspecified atom stereocenters. The lowest BCUT2D eigenvalue weighted by molar-refractivity contribution is 0.487. The Morgan fingerprint density at radius 2 is 1.26 bits per heavy atom. The van der Waals surface area contributed by atoms with Crippen LogP contribution in [-0.2, 0) is 5.41 Å². The third-order valence-corrected chi connectivity index (χ3v) is 12.2. The summed E-state index contributed by atoms with van der Waals surface area (Å²) in [5.74, 6) is 1.08. The second kappa shape index (κ2) is 11.5. The van der Waals surface area contributed by atoms with Crippen LogP contribution in [0.1, 0.15) is 141 Å². The van der Waals surface area contributed by atoms with Crippen molar-refractivity contribution in [3.05, 3.63) is 53.1 Å². The summed E-state index contributed by atoms with van der Waals surface area (Å²) in [5.41, 5.74) is 9.76. The highest BCUT2D eigenvalue weighted by Gasteiger charge is 2.35. The van der Waals surface area contributed by atoms with Crippen LogP contribution in [0.2, 0.25) is 0 Å². The Labute approximate surface area is 218 Å². The highest BCUT2D eigenvalue weighted by molar-refractivity contribution is 7.67. The largest absolute Gasteiger partial charge is 0.0683 e. The molecular formula is C34H51P. The molecule has 0 bridgehead atoms. The van der Waals surface area contributed by atoms with Crippen molar-refractivity contribution in [2.45, 2.75) is 141 Å². The van der Waals surface area contributed by atoms with E-state index in [9.17, 15) is 0 Å². The fourth-order valence-corrected chi connectivity index (χ4v) is 10.6. The lowest BCUT2D eigenvalue weighted by Gasteiger charge is -2.40. The first-order valence-corrected chi connectivity index (χ1v) is 16.2. The summed E-state index contributed by atoms with van der Waals surface area (Å²) in [6.07, 6.45) is 14.6. The van der Waals surface area contributed by atoms with Gasteiger partial charge in [-0.25, -0.2) is 0 Å². The van der Waals surface area contributed by atoms with Crippen molar-refractivity contribution in [2.24, 2.45) is 0 Å². The summed E-state index contributed by atoms with van der Waals surface area (Å²) in [7, 11) is -0.137. The predicted molar refractivity (Wildman–Crippen MR) is 159 cm³/mol. The van der Waals surface area contributed by atoms with Gasteiger partial charge in [0, 0.05) is 0 Å². The van der Waals surface area contributed by atoms with Crippen LogP contribution in [-0.4, -0.2) is 11.3 Å². The van der Waals surface area contributed by atoms with Gasteiger partial charge in [0.15, 0.2) is 0 Å². The van der Waals surface area contributed by atoms with E-state index >= 15 is 0 Å². The van der Waals surface area contributed by atoms with Gasteiger partial charge in [0.25, 0.3) is 0 Å². The van der Waals surface area contributed by atoms with Crippen LogP contribution in [0, 0.1) is 0 Å². The molecule has 2 aromatic rings. The van der Waals surface area contributed by atoms with Gasteiger partial charge in [-0.05, 0) is 87.4 Å². The van der Waals surface area contributed by atoms with Crippen molar-refractivity contribution in [2.75, 3.05) is 0 Å². The lowest BCUT2D eigenvalue weighted by atomic mass is 9.76. The van der Waals surface area contributed by atoms with Gasteiger partial charge in [0.05, 0.1) is 0 Å². The summed E-state index contributed by atoms with van der Waals surface area (Å²) >= 11 is 0. The minimum Gasteiger partial charge on any atom is -0.0683 e. The Hall–Kier alpha value is -1.13. The molecule has 0 spiro atoms. The molecule has 0 heterocycles. The van der Waals surface area contributed by atoms with Crippen molar-refractivity contribution >= 4 is 13.2 Å². The molecule has 35 heavy (non-hydrogen) atoms. The third kappa shape index (κ3) is 6.06. The Bertz CT molecular complexity index is 947. The highest BCUT2D eigenvalue weighted by Crippen LogP contribution is 2.57. The van der Waals surface area contributed by atoms with Gasteiger partial charge in [-0.15, -0.1) is 0 Å². The van der Waals surface area contributed by atoms with Crippen LogP contribution < -0.4 is 5.30 Å². The first-order chi connectivity index (χ1) is 16.7. The smallest absolute Gasteiger partial charge is 0.0101 e. The predicted octanol–water partition coefficient (Wildman–Crippen LogP) is 10.7. The maximum atomic E-state index is 2.57. The molecule has 0 aliphatic heterocycles. The van der Waals surface area contributed by atoms with Crippen molar-refractivity contribution in [1.29, 1.82) is 0 Å². The van der Waals surface area contributed by atoms with Crippen molar-refractivity contribution in [3.8, 4) is 11.1 Å². The SMILES string of the molecule is CC(C)c1cc(C(C)C)c(-c2ccccc2P(C2CCCCC2)C2CCCCC2)c(C(C)(C)C)c1. The van der Waals surface area contributed by atoms with Crippen molar-refractivity contribution in [1.82, 2.24) is 0 Å². The molecule has 192 valence electrons. The maximum Gasteiger partial charge on any atom is -0.0101 e. The second-order valence-corrected chi connectivity index (χ2v) is 15.9. The van der Waals surface area contributed by atoms with Crippen LogP contribution in [0.5, 0.6) is 0 Å². The first kappa shape index (κ1) is 26.9. The van der Waals surface area contributed by atoms with E-state index in [1.165, 1.54) is 69.8 Å². The van der Waals surface area contributed by atoms with E-state index in [-0.39, 0.29) is 13.3 Å². The molecule has 0 amide bonds. The molecule has 2 fully saturated rings. The molecule has 0 atom stereocenters. The standard InChI is InChI=1S/C34H51P/c1-24(2)26-22-30(25(3)4)33(31(23-26)34(5,6)7)29-20-14-15-21-32(29)35(27-16-10-8-11-17-27)28-18-12-9-13-19-28/h14-15,20-25,27-28H,8-13,16-19H2,1-7H3. The van der Waals surface area contributed by atoms with Gasteiger partial charge in [0.2, 0.25) is 0 Å². The Morgan fingerprint density at radius 3 is 1.74 bits per heavy atom. The molecule has 0 radical (unpaired) electrons. The minimum absolute atomic E-state index is 0.120. The molecule has 1 heteroatoms. The molecule has 0 aromatic heterocycles. The Balaban J connectivity index is 1.95. The van der Waals surface area contributed by atoms with Gasteiger partial charge in [-0.3, -0.25) is 0 Å². The van der Waals surface area contributed by atoms with E-state index in [1.807, 2.05) is 0 Å². The zero-order valence-corrected chi connectivity index (χ0v) is 24.7. The fourth-order valence-electron chi connectivity index (χ4n) is 6.69. The molecule has 0 saturated heterocycles. The van der Waals surface area contributed by atoms with Gasteiger partial charge in [0.1, 0.15) is 0 Å². The van der Waals surface area contributed by atoms with E-state index in [4.69, 9.17) is 0 Å². The number of rotatable bonds is 6. The normalized spacial score (nSPS) is 18.7. The molecule has 2 aliphatic rings. The minimum atomic E-state index is -0.137. The third-order valence-electron chi connectivity index (χ3n) is 8.68. The second-order valence-electron chi connectivity index (χ2n) is 13.1. The zero-order chi connectivity index (χ0) is 25.2. The molecule has 2 saturated carbocycles. The number of hydrogen-bond acceptors (Lipinski definition) is 0. The van der Waals surface area contributed by atoms with Crippen LogP contribution in [0.15, 0.2) is 36.4 Å². The monoisotopic (exact) mass is 490 g/mol. The van der Waals surface area contributed by atoms with E-state index < -0.39 is 0 Å². The van der Waals surface area contributed by atoms with Crippen LogP contribution >= 0.6 is 7.92 Å². The summed E-state index contributed by atoms with van der Waals surface area (Å²) in [6.45, 7) is 16.8. The molecule has 0 N–H and O–H groups in total. The Kier molecular flexibility index (Phi) is 8.85. The highest BCUT2D eigenvalue weighted by atomic mass is 31.1. The van der Waals surface area contributed by atoms with E-state index in [0.717, 1.165) is 11.3 Å². The summed E-state index contributed by atoms with van der Waals surface area (Å²) in [5, 5.41) is 1.74. The maximum absolute atomic E-state index is 2.57. The van der Waals surface area contributed by atoms with Crippen LogP contribution in [0.25, 0.3) is 11.1 Å². The van der Waals surface area contributed by atoms with E-state index in [2.05, 4.69) is 84.9 Å². The van der Waals surface area contributed by atoms with Gasteiger partial charge in [-0.1, -0.05) is 131 Å². The van der Waals surface area contributed by atoms with E-state index in [0.29, 0.717) is 11.8 Å². The molecule has 2 aromatic carbocycles. The summed E-state index contributed by atoms with van der Waals surface area (Å²) < 4.78 is 0. The van der Waals surface area contributed by atoms with Crippen LogP contribution in [0.4, 0.5) is 0 Å². The summed E-state index contributed by atoms with van der Waals surface area (Å²) in [4.78, 5) is 0. The lowest BCUT2D eigenvalue weighted by Crippen LogP contribution is -2.27. The van der Waals surface area contributed by atoms with Gasteiger partial charge < -0.3 is 0 Å². The number of hydrogen-bond donors (Lipinski definition) is 0. The summed E-state index contributed by atoms with van der Waals surface area (Å²) in [6, 6.07) is 14.9. The topological polar surface area (TPSA) is 0 Å². The van der Waals surface area contributed by atoms with Crippen molar-refractivity contribution < 1.29 is 0 Å². The number of benzene rings is 2. The zero-order valence-electron chi connectivity index (χ0n) is 23.8. The molecule has 0 nitrogen and oxygen atoms in total. The average Bonchev–Trinajstić information content (AvgIpc) is 2.84. The average molecular weight is 491 g/mol.